The van der Waals surface area contributed by atoms with Crippen molar-refractivity contribution in [3.8, 4) is 0 Å². The third kappa shape index (κ3) is 7.29. The van der Waals surface area contributed by atoms with Crippen LogP contribution in [0.3, 0.4) is 0 Å². The molecule has 6 aliphatic carbocycles. The van der Waals surface area contributed by atoms with Crippen molar-refractivity contribution in [2.75, 3.05) is 6.54 Å². The molecule has 0 aromatic heterocycles. The van der Waals surface area contributed by atoms with Crippen LogP contribution in [0.2, 0.25) is 0 Å². The Labute approximate surface area is 273 Å². The quantitative estimate of drug-likeness (QED) is 0.274. The van der Waals surface area contributed by atoms with E-state index in [-0.39, 0.29) is 0 Å². The Kier molecular flexibility index (Phi) is 11.0. The zero-order chi connectivity index (χ0) is 29.9. The van der Waals surface area contributed by atoms with Crippen molar-refractivity contribution in [1.82, 2.24) is 4.90 Å². The van der Waals surface area contributed by atoms with Gasteiger partial charge in [0.2, 0.25) is 0 Å². The van der Waals surface area contributed by atoms with E-state index < -0.39 is 0 Å². The summed E-state index contributed by atoms with van der Waals surface area (Å²) in [4.78, 5) is 3.32. The van der Waals surface area contributed by atoms with Crippen molar-refractivity contribution in [2.45, 2.75) is 186 Å². The SMILES string of the molecule is C/C(=C\C1CCC2C(C1)C1CCCCC1C1CC(/C=C(\C)C3CCCCC3)CCC1N2CC1CCCCC1)C1CCCCC1. The summed E-state index contributed by atoms with van der Waals surface area (Å²) < 4.78 is 0. The van der Waals surface area contributed by atoms with Crippen molar-refractivity contribution in [3.63, 3.8) is 0 Å². The molecule has 8 unspecified atom stereocenters. The van der Waals surface area contributed by atoms with E-state index in [0.717, 1.165) is 65.3 Å². The lowest BCUT2D eigenvalue weighted by Gasteiger charge is -2.49. The number of hydrogen-bond donors (Lipinski definition) is 0. The third-order valence-corrected chi connectivity index (χ3v) is 15.3. The number of nitrogens with zero attached hydrogens (tertiary/aromatic N) is 1. The Balaban J connectivity index is 1.15. The number of allylic oxidation sites excluding steroid dienone is 4. The van der Waals surface area contributed by atoms with Gasteiger partial charge in [-0.2, -0.15) is 0 Å². The first-order chi connectivity index (χ1) is 21.6. The van der Waals surface area contributed by atoms with Crippen molar-refractivity contribution in [3.05, 3.63) is 23.3 Å². The summed E-state index contributed by atoms with van der Waals surface area (Å²) in [5, 5.41) is 0. The van der Waals surface area contributed by atoms with Gasteiger partial charge in [0.15, 0.2) is 0 Å². The molecule has 1 aliphatic heterocycles. The van der Waals surface area contributed by atoms with E-state index in [4.69, 9.17) is 0 Å². The zero-order valence-electron chi connectivity index (χ0n) is 29.3. The Morgan fingerprint density at radius 3 is 1.32 bits per heavy atom. The highest BCUT2D eigenvalue weighted by Crippen LogP contribution is 2.55. The van der Waals surface area contributed by atoms with Crippen LogP contribution in [0.15, 0.2) is 23.3 Å². The highest BCUT2D eigenvalue weighted by molar-refractivity contribution is 5.13. The summed E-state index contributed by atoms with van der Waals surface area (Å²) in [6.07, 6.45) is 43.2. The lowest BCUT2D eigenvalue weighted by atomic mass is 9.60. The number of likely N-dealkylation sites (tertiary alicyclic amines) is 1. The van der Waals surface area contributed by atoms with E-state index in [1.807, 2.05) is 0 Å². The van der Waals surface area contributed by atoms with Gasteiger partial charge in [0.1, 0.15) is 0 Å². The molecule has 0 N–H and O–H groups in total. The standard InChI is InChI=1S/C43H71N/c1-31(36-16-8-4-9-17-36)26-34-22-24-42-40(28-34)38-20-12-13-21-39(38)41-29-35(27-32(2)37-18-10-5-11-19-37)23-25-43(41)44(42)30-33-14-6-3-7-15-33/h26-27,33-43H,3-25,28-30H2,1-2H3/b31-26+,32-27+. The van der Waals surface area contributed by atoms with Gasteiger partial charge in [0, 0.05) is 18.6 Å². The van der Waals surface area contributed by atoms with E-state index in [0.29, 0.717) is 0 Å². The zero-order valence-corrected chi connectivity index (χ0v) is 29.3. The molecule has 1 saturated heterocycles. The monoisotopic (exact) mass is 602 g/mol. The minimum atomic E-state index is 0.867. The summed E-state index contributed by atoms with van der Waals surface area (Å²) in [6, 6.07) is 1.79. The molecule has 1 heteroatoms. The average molecular weight is 602 g/mol. The number of hydrogen-bond acceptors (Lipinski definition) is 1. The van der Waals surface area contributed by atoms with Crippen LogP contribution in [-0.2, 0) is 0 Å². The predicted octanol–water partition coefficient (Wildman–Crippen LogP) is 12.3. The molecule has 0 radical (unpaired) electrons. The molecule has 1 heterocycles. The molecule has 7 fully saturated rings. The van der Waals surface area contributed by atoms with E-state index in [2.05, 4.69) is 30.9 Å². The van der Waals surface area contributed by atoms with Gasteiger partial charge in [-0.05, 0) is 157 Å². The maximum absolute atomic E-state index is 3.32. The van der Waals surface area contributed by atoms with Crippen LogP contribution in [0.4, 0.5) is 0 Å². The first kappa shape index (κ1) is 32.0. The molecule has 0 aromatic carbocycles. The highest BCUT2D eigenvalue weighted by atomic mass is 15.2. The fraction of sp³-hybridized carbons (Fsp3) is 0.907. The van der Waals surface area contributed by atoms with Crippen LogP contribution in [0.1, 0.15) is 174 Å². The molecule has 1 nitrogen and oxygen atoms in total. The first-order valence-corrected chi connectivity index (χ1v) is 20.8. The molecule has 7 aliphatic rings. The summed E-state index contributed by atoms with van der Waals surface area (Å²) in [5.41, 5.74) is 3.58. The summed E-state index contributed by atoms with van der Waals surface area (Å²) >= 11 is 0. The smallest absolute Gasteiger partial charge is 0.0130 e. The van der Waals surface area contributed by atoms with Crippen LogP contribution >= 0.6 is 0 Å². The average Bonchev–Trinajstić information content (AvgIpc) is 3.19. The molecule has 248 valence electrons. The Bertz CT molecular complexity index is 889. The van der Waals surface area contributed by atoms with Crippen molar-refractivity contribution in [2.24, 2.45) is 53.3 Å². The molecular formula is C43H71N. The molecule has 6 saturated carbocycles. The molecule has 0 amide bonds. The predicted molar refractivity (Wildman–Crippen MR) is 189 cm³/mol. The molecule has 44 heavy (non-hydrogen) atoms. The van der Waals surface area contributed by atoms with Crippen molar-refractivity contribution < 1.29 is 0 Å². The third-order valence-electron chi connectivity index (χ3n) is 15.3. The largest absolute Gasteiger partial charge is 0.297 e. The van der Waals surface area contributed by atoms with E-state index in [1.165, 1.54) is 154 Å². The summed E-state index contributed by atoms with van der Waals surface area (Å²) in [6.45, 7) is 6.53. The Morgan fingerprint density at radius 2 is 0.864 bits per heavy atom. The minimum Gasteiger partial charge on any atom is -0.297 e. The number of fused-ring (bicyclic) bond motifs is 5. The van der Waals surface area contributed by atoms with Gasteiger partial charge in [-0.1, -0.05) is 93.9 Å². The number of rotatable bonds is 6. The lowest BCUT2D eigenvalue weighted by molar-refractivity contribution is 0.00813. The molecule has 7 rings (SSSR count). The molecular weight excluding hydrogens is 530 g/mol. The molecule has 0 aromatic rings. The van der Waals surface area contributed by atoms with Gasteiger partial charge in [-0.3, -0.25) is 4.90 Å². The van der Waals surface area contributed by atoms with E-state index >= 15 is 0 Å². The van der Waals surface area contributed by atoms with Gasteiger partial charge in [0.25, 0.3) is 0 Å². The fourth-order valence-electron chi connectivity index (χ4n) is 13.1. The van der Waals surface area contributed by atoms with Crippen LogP contribution < -0.4 is 0 Å². The van der Waals surface area contributed by atoms with E-state index in [9.17, 15) is 0 Å². The summed E-state index contributed by atoms with van der Waals surface area (Å²) in [7, 11) is 0. The normalized spacial score (nSPS) is 41.0. The maximum atomic E-state index is 3.32. The van der Waals surface area contributed by atoms with Crippen LogP contribution in [0.5, 0.6) is 0 Å². The van der Waals surface area contributed by atoms with Gasteiger partial charge in [-0.25, -0.2) is 0 Å². The second kappa shape index (κ2) is 15.1. The molecule has 0 spiro atoms. The Hall–Kier alpha value is -0.560. The topological polar surface area (TPSA) is 3.24 Å². The molecule has 0 bridgehead atoms. The van der Waals surface area contributed by atoms with E-state index in [1.54, 1.807) is 24.0 Å². The highest BCUT2D eigenvalue weighted by Gasteiger charge is 2.52. The lowest BCUT2D eigenvalue weighted by Crippen LogP contribution is -2.53. The first-order valence-electron chi connectivity index (χ1n) is 20.8. The minimum absolute atomic E-state index is 0.867. The van der Waals surface area contributed by atoms with Crippen molar-refractivity contribution >= 4 is 0 Å². The summed E-state index contributed by atoms with van der Waals surface area (Å²) in [5.74, 6) is 8.52. The maximum Gasteiger partial charge on any atom is 0.0130 e. The van der Waals surface area contributed by atoms with Gasteiger partial charge < -0.3 is 0 Å². The second-order valence-electron chi connectivity index (χ2n) is 17.9. The van der Waals surface area contributed by atoms with Gasteiger partial charge >= 0.3 is 0 Å². The van der Waals surface area contributed by atoms with Gasteiger partial charge in [-0.15, -0.1) is 0 Å². The van der Waals surface area contributed by atoms with Crippen LogP contribution in [0, 0.1) is 53.3 Å². The second-order valence-corrected chi connectivity index (χ2v) is 17.9. The van der Waals surface area contributed by atoms with Gasteiger partial charge in [0.05, 0.1) is 0 Å². The molecule has 8 atom stereocenters. The van der Waals surface area contributed by atoms with Crippen molar-refractivity contribution in [1.29, 1.82) is 0 Å². The fourth-order valence-corrected chi connectivity index (χ4v) is 13.1. The Morgan fingerprint density at radius 1 is 0.455 bits per heavy atom. The van der Waals surface area contributed by atoms with Crippen LogP contribution in [-0.4, -0.2) is 23.5 Å². The van der Waals surface area contributed by atoms with Crippen LogP contribution in [0.25, 0.3) is 0 Å².